The molecule has 0 fully saturated rings. The first-order chi connectivity index (χ1) is 10.6. The molecule has 0 N–H and O–H groups in total. The fourth-order valence-electron chi connectivity index (χ4n) is 2.72. The Morgan fingerprint density at radius 3 is 2.68 bits per heavy atom. The number of esters is 1. The summed E-state index contributed by atoms with van der Waals surface area (Å²) in [6.07, 6.45) is 9.54. The molecule has 0 aromatic heterocycles. The SMILES string of the molecule is CC(C)=CCCC1=CCC(C(=O)OCc2ccccc2)CC1. The van der Waals surface area contributed by atoms with Gasteiger partial charge in [0, 0.05) is 0 Å². The van der Waals surface area contributed by atoms with Crippen LogP contribution in [0.3, 0.4) is 0 Å². The number of benzene rings is 1. The van der Waals surface area contributed by atoms with E-state index >= 15 is 0 Å². The summed E-state index contributed by atoms with van der Waals surface area (Å²) in [7, 11) is 0. The van der Waals surface area contributed by atoms with Crippen molar-refractivity contribution in [1.29, 1.82) is 0 Å². The van der Waals surface area contributed by atoms with Gasteiger partial charge in [-0.1, -0.05) is 53.6 Å². The minimum absolute atomic E-state index is 0.0379. The Labute approximate surface area is 133 Å². The normalized spacial score (nSPS) is 17.5. The van der Waals surface area contributed by atoms with Crippen LogP contribution < -0.4 is 0 Å². The third-order valence-electron chi connectivity index (χ3n) is 4.08. The van der Waals surface area contributed by atoms with E-state index in [4.69, 9.17) is 4.74 Å². The quantitative estimate of drug-likeness (QED) is 0.533. The molecule has 22 heavy (non-hydrogen) atoms. The van der Waals surface area contributed by atoms with Crippen molar-refractivity contribution in [1.82, 2.24) is 0 Å². The molecule has 118 valence electrons. The van der Waals surface area contributed by atoms with E-state index in [9.17, 15) is 4.79 Å². The molecule has 1 aliphatic rings. The molecule has 2 nitrogen and oxygen atoms in total. The van der Waals surface area contributed by atoms with E-state index in [0.717, 1.165) is 37.7 Å². The molecule has 1 aromatic rings. The summed E-state index contributed by atoms with van der Waals surface area (Å²) < 4.78 is 5.44. The molecular weight excluding hydrogens is 272 g/mol. The summed E-state index contributed by atoms with van der Waals surface area (Å²) in [6.45, 7) is 4.65. The Hall–Kier alpha value is -1.83. The van der Waals surface area contributed by atoms with Gasteiger partial charge < -0.3 is 4.74 Å². The highest BCUT2D eigenvalue weighted by Crippen LogP contribution is 2.27. The van der Waals surface area contributed by atoms with E-state index in [1.807, 2.05) is 30.3 Å². The number of allylic oxidation sites excluding steroid dienone is 4. The van der Waals surface area contributed by atoms with Gasteiger partial charge in [-0.2, -0.15) is 0 Å². The van der Waals surface area contributed by atoms with E-state index in [1.54, 1.807) is 0 Å². The molecule has 2 heteroatoms. The molecule has 1 aliphatic carbocycles. The lowest BCUT2D eigenvalue weighted by molar-refractivity contribution is -0.150. The molecule has 1 atom stereocenters. The third-order valence-corrected chi connectivity index (χ3v) is 4.08. The zero-order valence-corrected chi connectivity index (χ0v) is 13.7. The van der Waals surface area contributed by atoms with Crippen molar-refractivity contribution in [2.45, 2.75) is 52.6 Å². The smallest absolute Gasteiger partial charge is 0.309 e. The van der Waals surface area contributed by atoms with Crippen LogP contribution in [0.15, 0.2) is 53.6 Å². The lowest BCUT2D eigenvalue weighted by Crippen LogP contribution is -2.19. The largest absolute Gasteiger partial charge is 0.461 e. The van der Waals surface area contributed by atoms with Crippen molar-refractivity contribution >= 4 is 5.97 Å². The molecule has 0 saturated heterocycles. The van der Waals surface area contributed by atoms with Gasteiger partial charge in [0.05, 0.1) is 5.92 Å². The van der Waals surface area contributed by atoms with Gasteiger partial charge in [-0.15, -0.1) is 0 Å². The first kappa shape index (κ1) is 16.5. The van der Waals surface area contributed by atoms with E-state index < -0.39 is 0 Å². The van der Waals surface area contributed by atoms with Crippen molar-refractivity contribution in [3.63, 3.8) is 0 Å². The Morgan fingerprint density at radius 2 is 2.05 bits per heavy atom. The summed E-state index contributed by atoms with van der Waals surface area (Å²) >= 11 is 0. The lowest BCUT2D eigenvalue weighted by atomic mass is 9.88. The van der Waals surface area contributed by atoms with Crippen LogP contribution in [-0.4, -0.2) is 5.97 Å². The first-order valence-electron chi connectivity index (χ1n) is 8.17. The minimum Gasteiger partial charge on any atom is -0.461 e. The summed E-state index contributed by atoms with van der Waals surface area (Å²) in [5.41, 5.74) is 3.91. The lowest BCUT2D eigenvalue weighted by Gasteiger charge is -2.20. The topological polar surface area (TPSA) is 26.3 Å². The van der Waals surface area contributed by atoms with Crippen molar-refractivity contribution in [3.05, 3.63) is 59.2 Å². The first-order valence-corrected chi connectivity index (χ1v) is 8.17. The van der Waals surface area contributed by atoms with Crippen molar-refractivity contribution in [3.8, 4) is 0 Å². The number of hydrogen-bond acceptors (Lipinski definition) is 2. The van der Waals surface area contributed by atoms with Gasteiger partial charge in [0.1, 0.15) is 6.61 Å². The molecule has 0 saturated carbocycles. The second-order valence-electron chi connectivity index (χ2n) is 6.25. The van der Waals surface area contributed by atoms with Gasteiger partial charge in [0.2, 0.25) is 0 Å². The second-order valence-corrected chi connectivity index (χ2v) is 6.25. The number of carbonyl (C=O) groups is 1. The maximum Gasteiger partial charge on any atom is 0.309 e. The Kier molecular flexibility index (Phi) is 6.45. The molecule has 0 bridgehead atoms. The fourth-order valence-corrected chi connectivity index (χ4v) is 2.72. The molecule has 1 unspecified atom stereocenters. The molecule has 0 amide bonds. The van der Waals surface area contributed by atoms with Crippen LogP contribution in [-0.2, 0) is 16.1 Å². The maximum atomic E-state index is 12.1. The van der Waals surface area contributed by atoms with Gasteiger partial charge in [-0.25, -0.2) is 0 Å². The average Bonchev–Trinajstić information content (AvgIpc) is 2.54. The van der Waals surface area contributed by atoms with Crippen LogP contribution >= 0.6 is 0 Å². The Bertz CT molecular complexity index is 536. The van der Waals surface area contributed by atoms with E-state index in [1.165, 1.54) is 11.1 Å². The monoisotopic (exact) mass is 298 g/mol. The van der Waals surface area contributed by atoms with Crippen LogP contribution in [0.25, 0.3) is 0 Å². The molecule has 1 aromatic carbocycles. The second kappa shape index (κ2) is 8.57. The highest BCUT2D eigenvalue weighted by Gasteiger charge is 2.22. The number of carbonyl (C=O) groups excluding carboxylic acids is 1. The predicted molar refractivity (Wildman–Crippen MR) is 90.3 cm³/mol. The molecule has 0 radical (unpaired) electrons. The molecular formula is C20H26O2. The van der Waals surface area contributed by atoms with Crippen molar-refractivity contribution < 1.29 is 9.53 Å². The van der Waals surface area contributed by atoms with E-state index in [2.05, 4.69) is 26.0 Å². The van der Waals surface area contributed by atoms with Crippen LogP contribution in [0, 0.1) is 5.92 Å². The maximum absolute atomic E-state index is 12.1. The predicted octanol–water partition coefficient (Wildman–Crippen LogP) is 5.20. The van der Waals surface area contributed by atoms with E-state index in [0.29, 0.717) is 6.61 Å². The third kappa shape index (κ3) is 5.51. The molecule has 0 spiro atoms. The number of hydrogen-bond donors (Lipinski definition) is 0. The summed E-state index contributed by atoms with van der Waals surface area (Å²) in [5, 5.41) is 0. The number of ether oxygens (including phenoxy) is 1. The van der Waals surface area contributed by atoms with Crippen LogP contribution in [0.2, 0.25) is 0 Å². The Balaban J connectivity index is 1.74. The fraction of sp³-hybridized carbons (Fsp3) is 0.450. The molecule has 0 aliphatic heterocycles. The molecule has 0 heterocycles. The minimum atomic E-state index is -0.0524. The number of rotatable bonds is 6. The van der Waals surface area contributed by atoms with Gasteiger partial charge in [-0.05, 0) is 51.5 Å². The van der Waals surface area contributed by atoms with Gasteiger partial charge in [0.15, 0.2) is 0 Å². The summed E-state index contributed by atoms with van der Waals surface area (Å²) in [6, 6.07) is 9.86. The van der Waals surface area contributed by atoms with Crippen LogP contribution in [0.1, 0.15) is 51.5 Å². The van der Waals surface area contributed by atoms with Gasteiger partial charge >= 0.3 is 5.97 Å². The molecule has 2 rings (SSSR count). The van der Waals surface area contributed by atoms with Crippen LogP contribution in [0.5, 0.6) is 0 Å². The summed E-state index contributed by atoms with van der Waals surface area (Å²) in [5.74, 6) is -0.0145. The summed E-state index contributed by atoms with van der Waals surface area (Å²) in [4.78, 5) is 12.1. The highest BCUT2D eigenvalue weighted by atomic mass is 16.5. The zero-order valence-electron chi connectivity index (χ0n) is 13.7. The van der Waals surface area contributed by atoms with E-state index in [-0.39, 0.29) is 11.9 Å². The van der Waals surface area contributed by atoms with Crippen molar-refractivity contribution in [2.24, 2.45) is 5.92 Å². The average molecular weight is 298 g/mol. The van der Waals surface area contributed by atoms with Gasteiger partial charge in [0.25, 0.3) is 0 Å². The zero-order chi connectivity index (χ0) is 15.8. The standard InChI is InChI=1S/C20H26O2/c1-16(2)7-6-10-17-11-13-19(14-12-17)20(21)22-15-18-8-4-3-5-9-18/h3-5,7-9,11,19H,6,10,12-15H2,1-2H3. The van der Waals surface area contributed by atoms with Crippen LogP contribution in [0.4, 0.5) is 0 Å². The highest BCUT2D eigenvalue weighted by molar-refractivity contribution is 5.73. The Morgan fingerprint density at radius 1 is 1.27 bits per heavy atom. The van der Waals surface area contributed by atoms with Gasteiger partial charge in [-0.3, -0.25) is 4.79 Å². The van der Waals surface area contributed by atoms with Crippen molar-refractivity contribution in [2.75, 3.05) is 0 Å².